The van der Waals surface area contributed by atoms with Crippen molar-refractivity contribution in [3.63, 3.8) is 0 Å². The van der Waals surface area contributed by atoms with Gasteiger partial charge in [0.05, 0.1) is 22.3 Å². The number of anilines is 2. The van der Waals surface area contributed by atoms with Crippen LogP contribution in [-0.4, -0.2) is 17.6 Å². The zero-order valence-electron chi connectivity index (χ0n) is 11.8. The van der Waals surface area contributed by atoms with Gasteiger partial charge in [-0.15, -0.1) is 11.3 Å². The molecule has 21 heavy (non-hydrogen) atoms. The smallest absolute Gasteiger partial charge is 0.358 e. The van der Waals surface area contributed by atoms with Crippen molar-refractivity contribution in [2.45, 2.75) is 20.8 Å². The molecule has 0 amide bonds. The van der Waals surface area contributed by atoms with E-state index in [1.165, 1.54) is 11.3 Å². The Morgan fingerprint density at radius 3 is 2.76 bits per heavy atom. The second kappa shape index (κ2) is 6.64. The number of nitrogens with zero attached hydrogens (tertiary/aromatic N) is 1. The first-order chi connectivity index (χ1) is 9.93. The largest absolute Gasteiger partial charge is 0.461 e. The van der Waals surface area contributed by atoms with E-state index < -0.39 is 5.97 Å². The van der Waals surface area contributed by atoms with Crippen LogP contribution in [0, 0.1) is 13.8 Å². The normalized spacial score (nSPS) is 10.5. The second-order valence-corrected chi connectivity index (χ2v) is 6.31. The van der Waals surface area contributed by atoms with Gasteiger partial charge in [-0.25, -0.2) is 9.78 Å². The molecule has 0 fully saturated rings. The van der Waals surface area contributed by atoms with E-state index in [1.54, 1.807) is 13.0 Å². The minimum Gasteiger partial charge on any atom is -0.461 e. The predicted molar refractivity (Wildman–Crippen MR) is 87.3 cm³/mol. The third kappa shape index (κ3) is 3.48. The van der Waals surface area contributed by atoms with Crippen molar-refractivity contribution in [2.75, 3.05) is 11.9 Å². The minimum absolute atomic E-state index is 0.309. The number of thiazole rings is 1. The van der Waals surface area contributed by atoms with Crippen molar-refractivity contribution in [1.29, 1.82) is 0 Å². The summed E-state index contributed by atoms with van der Waals surface area (Å²) >= 11 is 13.7. The first-order valence-corrected chi connectivity index (χ1v) is 7.87. The number of halogens is 2. The van der Waals surface area contributed by atoms with E-state index in [4.69, 9.17) is 27.9 Å². The van der Waals surface area contributed by atoms with Crippen molar-refractivity contribution in [3.8, 4) is 0 Å². The number of ether oxygens (including phenoxy) is 1. The Bertz CT molecular complexity index is 686. The van der Waals surface area contributed by atoms with Gasteiger partial charge in [0, 0.05) is 4.88 Å². The summed E-state index contributed by atoms with van der Waals surface area (Å²) in [5.74, 6) is -0.430. The van der Waals surface area contributed by atoms with Crippen LogP contribution in [0.5, 0.6) is 0 Å². The lowest BCUT2D eigenvalue weighted by molar-refractivity contribution is 0.0519. The van der Waals surface area contributed by atoms with Crippen molar-refractivity contribution >= 4 is 51.3 Å². The first kappa shape index (κ1) is 16.1. The maximum Gasteiger partial charge on any atom is 0.358 e. The number of aryl methyl sites for hydroxylation is 2. The molecule has 1 N–H and O–H groups in total. The summed E-state index contributed by atoms with van der Waals surface area (Å²) in [5.41, 5.74) is 1.80. The zero-order chi connectivity index (χ0) is 15.6. The van der Waals surface area contributed by atoms with E-state index in [-0.39, 0.29) is 0 Å². The Morgan fingerprint density at radius 2 is 2.10 bits per heavy atom. The summed E-state index contributed by atoms with van der Waals surface area (Å²) in [6.45, 7) is 5.77. The molecule has 1 heterocycles. The van der Waals surface area contributed by atoms with Gasteiger partial charge >= 0.3 is 5.97 Å². The van der Waals surface area contributed by atoms with Crippen molar-refractivity contribution in [2.24, 2.45) is 0 Å². The van der Waals surface area contributed by atoms with Crippen molar-refractivity contribution in [1.82, 2.24) is 4.98 Å². The van der Waals surface area contributed by atoms with Crippen LogP contribution < -0.4 is 5.32 Å². The van der Waals surface area contributed by atoms with Gasteiger partial charge in [0.25, 0.3) is 0 Å². The zero-order valence-corrected chi connectivity index (χ0v) is 14.1. The van der Waals surface area contributed by atoms with Crippen molar-refractivity contribution < 1.29 is 9.53 Å². The Labute approximate surface area is 137 Å². The molecule has 0 atom stereocenters. The summed E-state index contributed by atoms with van der Waals surface area (Å²) in [4.78, 5) is 16.8. The van der Waals surface area contributed by atoms with Gasteiger partial charge in [-0.3, -0.25) is 0 Å². The lowest BCUT2D eigenvalue weighted by Crippen LogP contribution is -2.06. The first-order valence-electron chi connectivity index (χ1n) is 6.30. The molecule has 0 saturated carbocycles. The molecular weight excluding hydrogens is 331 g/mol. The Morgan fingerprint density at radius 1 is 1.38 bits per heavy atom. The van der Waals surface area contributed by atoms with Crippen LogP contribution in [0.25, 0.3) is 0 Å². The fourth-order valence-electron chi connectivity index (χ4n) is 1.72. The number of carbonyl (C=O) groups is 1. The Kier molecular flexibility index (Phi) is 5.08. The fraction of sp³-hybridized carbons (Fsp3) is 0.286. The van der Waals surface area contributed by atoms with E-state index >= 15 is 0 Å². The third-order valence-electron chi connectivity index (χ3n) is 2.78. The molecule has 0 aliphatic rings. The number of esters is 1. The average Bonchev–Trinajstić information content (AvgIpc) is 2.80. The summed E-state index contributed by atoms with van der Waals surface area (Å²) in [5, 5.41) is 4.65. The van der Waals surface area contributed by atoms with Crippen LogP contribution in [-0.2, 0) is 4.74 Å². The number of nitrogens with one attached hydrogen (secondary N) is 1. The number of hydrogen-bond donors (Lipinski definition) is 1. The molecule has 0 spiro atoms. The lowest BCUT2D eigenvalue weighted by Gasteiger charge is -2.09. The summed E-state index contributed by atoms with van der Waals surface area (Å²) in [6, 6.07) is 3.60. The average molecular weight is 345 g/mol. The van der Waals surface area contributed by atoms with Crippen LogP contribution in [0.1, 0.15) is 27.9 Å². The van der Waals surface area contributed by atoms with Crippen molar-refractivity contribution in [3.05, 3.63) is 38.3 Å². The Hall–Kier alpha value is -1.30. The summed E-state index contributed by atoms with van der Waals surface area (Å²) in [6.07, 6.45) is 0. The molecule has 2 rings (SSSR count). The number of hydrogen-bond acceptors (Lipinski definition) is 5. The SMILES string of the molecule is CCOC(=O)c1nc(Nc2c(Cl)ccc(C)c2Cl)sc1C. The molecular formula is C14H14Cl2N2O2S. The highest BCUT2D eigenvalue weighted by molar-refractivity contribution is 7.15. The Balaban J connectivity index is 2.31. The number of benzene rings is 1. The van der Waals surface area contributed by atoms with E-state index in [0.29, 0.717) is 33.2 Å². The van der Waals surface area contributed by atoms with Gasteiger partial charge in [-0.2, -0.15) is 0 Å². The maximum atomic E-state index is 11.8. The van der Waals surface area contributed by atoms with Gasteiger partial charge in [0.2, 0.25) is 0 Å². The van der Waals surface area contributed by atoms with Crippen LogP contribution in [0.2, 0.25) is 10.0 Å². The van der Waals surface area contributed by atoms with E-state index in [0.717, 1.165) is 10.4 Å². The highest BCUT2D eigenvalue weighted by atomic mass is 35.5. The number of aromatic nitrogens is 1. The van der Waals surface area contributed by atoms with Gasteiger partial charge in [0.15, 0.2) is 10.8 Å². The molecule has 112 valence electrons. The van der Waals surface area contributed by atoms with Gasteiger partial charge in [-0.05, 0) is 32.4 Å². The highest BCUT2D eigenvalue weighted by Gasteiger charge is 2.18. The van der Waals surface area contributed by atoms with E-state index in [2.05, 4.69) is 10.3 Å². The molecule has 7 heteroatoms. The number of rotatable bonds is 4. The van der Waals surface area contributed by atoms with Gasteiger partial charge in [-0.1, -0.05) is 29.3 Å². The molecule has 0 aliphatic carbocycles. The molecule has 1 aromatic carbocycles. The molecule has 0 saturated heterocycles. The quantitative estimate of drug-likeness (QED) is 0.794. The van der Waals surface area contributed by atoms with Crippen LogP contribution in [0.15, 0.2) is 12.1 Å². The monoisotopic (exact) mass is 344 g/mol. The maximum absolute atomic E-state index is 11.8. The predicted octanol–water partition coefficient (Wildman–Crippen LogP) is 4.99. The molecule has 4 nitrogen and oxygen atoms in total. The molecule has 0 bridgehead atoms. The standard InChI is InChI=1S/C14H14Cl2N2O2S/c1-4-20-13(19)11-8(3)21-14(17-11)18-12-9(15)6-5-7(2)10(12)16/h5-6H,4H2,1-3H3,(H,17,18). The molecule has 0 unspecified atom stereocenters. The fourth-order valence-corrected chi connectivity index (χ4v) is 2.99. The van der Waals surface area contributed by atoms with Gasteiger partial charge < -0.3 is 10.1 Å². The summed E-state index contributed by atoms with van der Waals surface area (Å²) in [7, 11) is 0. The van der Waals surface area contributed by atoms with Crippen LogP contribution in [0.4, 0.5) is 10.8 Å². The molecule has 1 aromatic heterocycles. The second-order valence-electron chi connectivity index (χ2n) is 4.32. The third-order valence-corrected chi connectivity index (χ3v) is 4.47. The van der Waals surface area contributed by atoms with E-state index in [9.17, 15) is 4.79 Å². The topological polar surface area (TPSA) is 51.2 Å². The lowest BCUT2D eigenvalue weighted by atomic mass is 10.2. The number of carbonyl (C=O) groups excluding carboxylic acids is 1. The van der Waals surface area contributed by atoms with Crippen LogP contribution in [0.3, 0.4) is 0 Å². The molecule has 0 radical (unpaired) electrons. The van der Waals surface area contributed by atoms with Crippen LogP contribution >= 0.6 is 34.5 Å². The minimum atomic E-state index is -0.430. The highest BCUT2D eigenvalue weighted by Crippen LogP contribution is 2.36. The molecule has 0 aliphatic heterocycles. The van der Waals surface area contributed by atoms with Gasteiger partial charge in [0.1, 0.15) is 0 Å². The summed E-state index contributed by atoms with van der Waals surface area (Å²) < 4.78 is 4.96. The molecule has 2 aromatic rings. The van der Waals surface area contributed by atoms with E-state index in [1.807, 2.05) is 19.9 Å².